The van der Waals surface area contributed by atoms with Gasteiger partial charge in [-0.3, -0.25) is 0 Å². The van der Waals surface area contributed by atoms with E-state index in [1.54, 1.807) is 11.1 Å². The first kappa shape index (κ1) is 13.1. The molecule has 20 heavy (non-hydrogen) atoms. The summed E-state index contributed by atoms with van der Waals surface area (Å²) in [5, 5.41) is 20.1. The number of aliphatic hydroxyl groups excluding tert-OH is 2. The molecule has 3 saturated carbocycles. The lowest BCUT2D eigenvalue weighted by atomic mass is 9.76. The van der Waals surface area contributed by atoms with Gasteiger partial charge in [0.2, 0.25) is 0 Å². The van der Waals surface area contributed by atoms with Gasteiger partial charge in [0.25, 0.3) is 0 Å². The Kier molecular flexibility index (Phi) is 2.91. The third-order valence-electron chi connectivity index (χ3n) is 6.79. The molecule has 0 heterocycles. The van der Waals surface area contributed by atoms with E-state index in [0.29, 0.717) is 17.8 Å². The normalized spacial score (nSPS) is 53.2. The van der Waals surface area contributed by atoms with Gasteiger partial charge in [-0.1, -0.05) is 37.1 Å². The highest BCUT2D eigenvalue weighted by molar-refractivity contribution is 5.38. The average Bonchev–Trinajstić information content (AvgIpc) is 3.02. The van der Waals surface area contributed by atoms with Gasteiger partial charge in [-0.2, -0.15) is 0 Å². The van der Waals surface area contributed by atoms with E-state index in [2.05, 4.69) is 26.0 Å². The maximum absolute atomic E-state index is 10.2. The number of hydrogen-bond acceptors (Lipinski definition) is 2. The third-order valence-corrected chi connectivity index (χ3v) is 6.79. The molecule has 4 aliphatic carbocycles. The Morgan fingerprint density at radius 2 is 1.70 bits per heavy atom. The number of fused-ring (bicyclic) bond motifs is 5. The molecule has 0 unspecified atom stereocenters. The molecule has 0 amide bonds. The van der Waals surface area contributed by atoms with E-state index in [9.17, 15) is 10.2 Å². The minimum atomic E-state index is -0.497. The van der Waals surface area contributed by atoms with E-state index in [4.69, 9.17) is 0 Å². The van der Waals surface area contributed by atoms with Gasteiger partial charge in [-0.25, -0.2) is 0 Å². The van der Waals surface area contributed by atoms with Gasteiger partial charge in [-0.15, -0.1) is 0 Å². The molecule has 2 nitrogen and oxygen atoms in total. The maximum atomic E-state index is 10.2. The standard InChI is InChI=1S/C18H26O2/c1-3-10-9(2)6-13-11(10)4-5-12-14(13)7-16-15(12)8-17(19)18(16)20/h4-5,9-10,13-20H,3,6-8H2,1-2H3/t9-,10-,13-,14-,15-,16+,17-,18+/m1/s1. The Bertz CT molecular complexity index is 478. The van der Waals surface area contributed by atoms with E-state index in [-0.39, 0.29) is 0 Å². The van der Waals surface area contributed by atoms with Crippen LogP contribution in [0.2, 0.25) is 0 Å². The Morgan fingerprint density at radius 3 is 2.45 bits per heavy atom. The van der Waals surface area contributed by atoms with Crippen molar-refractivity contribution >= 4 is 0 Å². The van der Waals surface area contributed by atoms with Crippen LogP contribution in [-0.4, -0.2) is 22.4 Å². The molecule has 2 heteroatoms. The van der Waals surface area contributed by atoms with Gasteiger partial charge >= 0.3 is 0 Å². The van der Waals surface area contributed by atoms with E-state index < -0.39 is 12.2 Å². The van der Waals surface area contributed by atoms with Gasteiger partial charge in [0.05, 0.1) is 12.2 Å². The minimum Gasteiger partial charge on any atom is -0.390 e. The molecule has 0 aromatic carbocycles. The van der Waals surface area contributed by atoms with Crippen LogP contribution in [0.15, 0.2) is 23.3 Å². The Labute approximate surface area is 121 Å². The number of rotatable bonds is 1. The minimum absolute atomic E-state index is 0.310. The molecule has 0 saturated heterocycles. The van der Waals surface area contributed by atoms with E-state index in [1.807, 2.05) is 0 Å². The molecule has 0 spiro atoms. The van der Waals surface area contributed by atoms with Crippen LogP contribution in [0.25, 0.3) is 0 Å². The molecule has 8 atom stereocenters. The largest absolute Gasteiger partial charge is 0.390 e. The van der Waals surface area contributed by atoms with Crippen molar-refractivity contribution in [2.75, 3.05) is 0 Å². The van der Waals surface area contributed by atoms with Crippen molar-refractivity contribution in [3.63, 3.8) is 0 Å². The van der Waals surface area contributed by atoms with E-state index >= 15 is 0 Å². The molecule has 2 N–H and O–H groups in total. The van der Waals surface area contributed by atoms with Crippen LogP contribution >= 0.6 is 0 Å². The molecular formula is C18H26O2. The Balaban J connectivity index is 1.66. The summed E-state index contributed by atoms with van der Waals surface area (Å²) in [4.78, 5) is 0. The average molecular weight is 274 g/mol. The van der Waals surface area contributed by atoms with Gasteiger partial charge in [0, 0.05) is 0 Å². The molecule has 4 rings (SSSR count). The second kappa shape index (κ2) is 4.45. The molecule has 0 aromatic heterocycles. The predicted molar refractivity (Wildman–Crippen MR) is 78.9 cm³/mol. The molecule has 4 aliphatic rings. The van der Waals surface area contributed by atoms with Crippen molar-refractivity contribution in [2.24, 2.45) is 35.5 Å². The number of allylic oxidation sites excluding steroid dienone is 4. The fraction of sp³-hybridized carbons (Fsp3) is 0.778. The van der Waals surface area contributed by atoms with Crippen LogP contribution in [-0.2, 0) is 0 Å². The summed E-state index contributed by atoms with van der Waals surface area (Å²) in [5.74, 6) is 3.72. The van der Waals surface area contributed by atoms with Crippen molar-refractivity contribution < 1.29 is 10.2 Å². The third kappa shape index (κ3) is 1.58. The zero-order valence-corrected chi connectivity index (χ0v) is 12.5. The quantitative estimate of drug-likeness (QED) is 0.772. The Hall–Kier alpha value is -0.600. The van der Waals surface area contributed by atoms with Crippen LogP contribution in [0.5, 0.6) is 0 Å². The summed E-state index contributed by atoms with van der Waals surface area (Å²) >= 11 is 0. The lowest BCUT2D eigenvalue weighted by Gasteiger charge is -2.29. The first-order valence-corrected chi connectivity index (χ1v) is 8.39. The molecule has 3 fully saturated rings. The van der Waals surface area contributed by atoms with Crippen LogP contribution in [0.1, 0.15) is 39.5 Å². The smallest absolute Gasteiger partial charge is 0.0833 e. The molecule has 0 bridgehead atoms. The fourth-order valence-electron chi connectivity index (χ4n) is 5.91. The zero-order valence-electron chi connectivity index (χ0n) is 12.5. The van der Waals surface area contributed by atoms with Crippen LogP contribution < -0.4 is 0 Å². The first-order valence-electron chi connectivity index (χ1n) is 8.39. The zero-order chi connectivity index (χ0) is 14.0. The summed E-state index contributed by atoms with van der Waals surface area (Å²) in [6.07, 6.45) is 8.22. The highest BCUT2D eigenvalue weighted by Gasteiger charge is 2.54. The highest BCUT2D eigenvalue weighted by Crippen LogP contribution is 2.59. The van der Waals surface area contributed by atoms with Crippen molar-refractivity contribution in [3.8, 4) is 0 Å². The first-order chi connectivity index (χ1) is 9.61. The lowest BCUT2D eigenvalue weighted by Crippen LogP contribution is -2.26. The molecule has 0 radical (unpaired) electrons. The van der Waals surface area contributed by atoms with Crippen molar-refractivity contribution in [1.82, 2.24) is 0 Å². The highest BCUT2D eigenvalue weighted by atomic mass is 16.3. The van der Waals surface area contributed by atoms with Crippen molar-refractivity contribution in [1.29, 1.82) is 0 Å². The van der Waals surface area contributed by atoms with E-state index in [1.165, 1.54) is 12.8 Å². The fourth-order valence-corrected chi connectivity index (χ4v) is 5.91. The summed E-state index contributed by atoms with van der Waals surface area (Å²) in [7, 11) is 0. The van der Waals surface area contributed by atoms with Crippen LogP contribution in [0.4, 0.5) is 0 Å². The molecule has 110 valence electrons. The maximum Gasteiger partial charge on any atom is 0.0833 e. The summed E-state index contributed by atoms with van der Waals surface area (Å²) in [5.41, 5.74) is 3.23. The van der Waals surface area contributed by atoms with Gasteiger partial charge in [0.1, 0.15) is 0 Å². The summed E-state index contributed by atoms with van der Waals surface area (Å²) in [6, 6.07) is 0. The predicted octanol–water partition coefficient (Wildman–Crippen LogP) is 2.91. The van der Waals surface area contributed by atoms with Gasteiger partial charge < -0.3 is 10.2 Å². The molecule has 0 aromatic rings. The monoisotopic (exact) mass is 274 g/mol. The SMILES string of the molecule is CC[C@H]1C2=CC=C3[C@H]4C[C@@H](O)[C@@H](O)[C@H]4C[C@H]3[C@@H]2C[C@H]1C. The van der Waals surface area contributed by atoms with Crippen LogP contribution in [0, 0.1) is 35.5 Å². The Morgan fingerprint density at radius 1 is 1.00 bits per heavy atom. The van der Waals surface area contributed by atoms with Crippen molar-refractivity contribution in [2.45, 2.75) is 51.7 Å². The topological polar surface area (TPSA) is 40.5 Å². The number of hydrogen-bond donors (Lipinski definition) is 2. The number of aliphatic hydroxyl groups is 2. The molecular weight excluding hydrogens is 248 g/mol. The lowest BCUT2D eigenvalue weighted by molar-refractivity contribution is 0.0169. The molecule has 0 aliphatic heterocycles. The second-order valence-corrected chi connectivity index (χ2v) is 7.57. The van der Waals surface area contributed by atoms with Crippen molar-refractivity contribution in [3.05, 3.63) is 23.3 Å². The van der Waals surface area contributed by atoms with Gasteiger partial charge in [0.15, 0.2) is 0 Å². The second-order valence-electron chi connectivity index (χ2n) is 7.57. The summed E-state index contributed by atoms with van der Waals surface area (Å²) in [6.45, 7) is 4.72. The van der Waals surface area contributed by atoms with Gasteiger partial charge in [-0.05, 0) is 61.2 Å². The van der Waals surface area contributed by atoms with E-state index in [0.717, 1.165) is 30.6 Å². The van der Waals surface area contributed by atoms with Crippen LogP contribution in [0.3, 0.4) is 0 Å². The summed E-state index contributed by atoms with van der Waals surface area (Å²) < 4.78 is 0.